The van der Waals surface area contributed by atoms with Crippen molar-refractivity contribution in [1.82, 2.24) is 5.32 Å². The Hall–Kier alpha value is -2.54. The lowest BCUT2D eigenvalue weighted by atomic mass is 10.1. The van der Waals surface area contributed by atoms with E-state index in [1.165, 1.54) is 12.1 Å². The van der Waals surface area contributed by atoms with Crippen LogP contribution in [0, 0.1) is 5.92 Å². The number of carbonyl (C=O) groups excluding carboxylic acids is 1. The van der Waals surface area contributed by atoms with E-state index in [1.54, 1.807) is 36.4 Å². The standard InChI is InChI=1S/C20H24N2O4S/c1-3-26-18-11-9-17(10-12-18)22-27(24,25)19-6-4-5-16(13-19)20(23)21-14(2)15-7-8-15/h4-6,9-15,22H,3,7-8H2,1-2H3,(H,21,23)/t14-/m0/s1. The quantitative estimate of drug-likeness (QED) is 0.726. The molecule has 1 amide bonds. The minimum absolute atomic E-state index is 0.0445. The first-order valence-corrected chi connectivity index (χ1v) is 10.5. The van der Waals surface area contributed by atoms with Crippen molar-refractivity contribution < 1.29 is 17.9 Å². The van der Waals surface area contributed by atoms with Crippen LogP contribution in [-0.4, -0.2) is 27.0 Å². The molecule has 1 aliphatic carbocycles. The first kappa shape index (κ1) is 19.2. The molecule has 2 N–H and O–H groups in total. The third-order valence-corrected chi connectivity index (χ3v) is 5.89. The summed E-state index contributed by atoms with van der Waals surface area (Å²) in [6.07, 6.45) is 2.25. The maximum absolute atomic E-state index is 12.7. The Bertz CT molecular complexity index is 906. The van der Waals surface area contributed by atoms with E-state index in [-0.39, 0.29) is 16.8 Å². The van der Waals surface area contributed by atoms with Gasteiger partial charge in [-0.15, -0.1) is 0 Å². The van der Waals surface area contributed by atoms with Crippen LogP contribution in [0.25, 0.3) is 0 Å². The van der Waals surface area contributed by atoms with E-state index in [0.717, 1.165) is 12.8 Å². The average molecular weight is 388 g/mol. The molecular formula is C20H24N2O4S. The molecule has 1 fully saturated rings. The van der Waals surface area contributed by atoms with E-state index in [1.807, 2.05) is 13.8 Å². The highest BCUT2D eigenvalue weighted by Crippen LogP contribution is 2.32. The summed E-state index contributed by atoms with van der Waals surface area (Å²) in [5, 5.41) is 2.94. The number of carbonyl (C=O) groups is 1. The van der Waals surface area contributed by atoms with Crippen LogP contribution in [0.1, 0.15) is 37.0 Å². The van der Waals surface area contributed by atoms with Gasteiger partial charge in [0.25, 0.3) is 15.9 Å². The van der Waals surface area contributed by atoms with E-state index < -0.39 is 10.0 Å². The van der Waals surface area contributed by atoms with E-state index in [4.69, 9.17) is 4.74 Å². The van der Waals surface area contributed by atoms with Crippen LogP contribution >= 0.6 is 0 Å². The fourth-order valence-corrected chi connectivity index (χ4v) is 3.91. The third kappa shape index (κ3) is 5.01. The maximum Gasteiger partial charge on any atom is 0.261 e. The molecule has 0 saturated heterocycles. The van der Waals surface area contributed by atoms with Crippen molar-refractivity contribution in [1.29, 1.82) is 0 Å². The molecule has 2 aromatic rings. The second-order valence-electron chi connectivity index (χ2n) is 6.69. The number of amides is 1. The molecule has 0 aromatic heterocycles. The van der Waals surface area contributed by atoms with Gasteiger partial charge in [-0.05, 0) is 75.1 Å². The van der Waals surface area contributed by atoms with Crippen LogP contribution in [0.3, 0.4) is 0 Å². The second-order valence-corrected chi connectivity index (χ2v) is 8.37. The van der Waals surface area contributed by atoms with Crippen molar-refractivity contribution in [2.75, 3.05) is 11.3 Å². The highest BCUT2D eigenvalue weighted by atomic mass is 32.2. The monoisotopic (exact) mass is 388 g/mol. The topological polar surface area (TPSA) is 84.5 Å². The predicted molar refractivity (Wildman–Crippen MR) is 105 cm³/mol. The van der Waals surface area contributed by atoms with Crippen molar-refractivity contribution in [2.24, 2.45) is 5.92 Å². The Morgan fingerprint density at radius 3 is 2.52 bits per heavy atom. The van der Waals surface area contributed by atoms with Gasteiger partial charge in [-0.2, -0.15) is 0 Å². The van der Waals surface area contributed by atoms with Crippen molar-refractivity contribution in [2.45, 2.75) is 37.6 Å². The molecule has 2 aromatic carbocycles. The number of sulfonamides is 1. The fraction of sp³-hybridized carbons (Fsp3) is 0.350. The lowest BCUT2D eigenvalue weighted by Crippen LogP contribution is -2.34. The summed E-state index contributed by atoms with van der Waals surface area (Å²) in [6, 6.07) is 12.8. The van der Waals surface area contributed by atoms with E-state index >= 15 is 0 Å². The van der Waals surface area contributed by atoms with Crippen molar-refractivity contribution in [3.05, 3.63) is 54.1 Å². The third-order valence-electron chi connectivity index (χ3n) is 4.51. The predicted octanol–water partition coefficient (Wildman–Crippen LogP) is 3.41. The van der Waals surface area contributed by atoms with Gasteiger partial charge < -0.3 is 10.1 Å². The summed E-state index contributed by atoms with van der Waals surface area (Å²) >= 11 is 0. The molecule has 0 spiro atoms. The minimum atomic E-state index is -3.80. The zero-order valence-corrected chi connectivity index (χ0v) is 16.3. The number of anilines is 1. The number of hydrogen-bond acceptors (Lipinski definition) is 4. The van der Waals surface area contributed by atoms with Gasteiger partial charge in [-0.25, -0.2) is 8.42 Å². The zero-order valence-electron chi connectivity index (χ0n) is 15.4. The van der Waals surface area contributed by atoms with Gasteiger partial charge >= 0.3 is 0 Å². The number of ether oxygens (including phenoxy) is 1. The van der Waals surface area contributed by atoms with Crippen LogP contribution in [0.15, 0.2) is 53.4 Å². The SMILES string of the molecule is CCOc1ccc(NS(=O)(=O)c2cccc(C(=O)N[C@@H](C)C3CC3)c2)cc1. The molecule has 27 heavy (non-hydrogen) atoms. The molecule has 1 saturated carbocycles. The highest BCUT2D eigenvalue weighted by Gasteiger charge is 2.29. The maximum atomic E-state index is 12.7. The molecule has 0 aliphatic heterocycles. The molecule has 3 rings (SSSR count). The van der Waals surface area contributed by atoms with E-state index in [9.17, 15) is 13.2 Å². The van der Waals surface area contributed by atoms with Gasteiger partial charge in [0.05, 0.1) is 11.5 Å². The molecule has 0 bridgehead atoms. The largest absolute Gasteiger partial charge is 0.494 e. The Morgan fingerprint density at radius 1 is 1.19 bits per heavy atom. The molecule has 1 atom stereocenters. The Balaban J connectivity index is 1.73. The van der Waals surface area contributed by atoms with Crippen molar-refractivity contribution in [3.8, 4) is 5.75 Å². The molecule has 6 nitrogen and oxygen atoms in total. The van der Waals surface area contributed by atoms with Gasteiger partial charge in [-0.3, -0.25) is 9.52 Å². The van der Waals surface area contributed by atoms with Gasteiger partial charge in [0.15, 0.2) is 0 Å². The Labute approximate surface area is 160 Å². The second kappa shape index (κ2) is 8.00. The molecule has 7 heteroatoms. The van der Waals surface area contributed by atoms with E-state index in [0.29, 0.717) is 29.5 Å². The molecule has 0 heterocycles. The Morgan fingerprint density at radius 2 is 1.89 bits per heavy atom. The molecule has 0 unspecified atom stereocenters. The molecule has 0 radical (unpaired) electrons. The molecular weight excluding hydrogens is 364 g/mol. The summed E-state index contributed by atoms with van der Waals surface area (Å²) in [6.45, 7) is 4.40. The summed E-state index contributed by atoms with van der Waals surface area (Å²) in [5.74, 6) is 0.943. The molecule has 1 aliphatic rings. The lowest BCUT2D eigenvalue weighted by Gasteiger charge is -2.14. The number of rotatable bonds is 8. The van der Waals surface area contributed by atoms with Crippen LogP contribution in [0.5, 0.6) is 5.75 Å². The first-order valence-electron chi connectivity index (χ1n) is 9.05. The summed E-state index contributed by atoms with van der Waals surface area (Å²) < 4.78 is 33.2. The van der Waals surface area contributed by atoms with Crippen LogP contribution < -0.4 is 14.8 Å². The molecule has 144 valence electrons. The number of hydrogen-bond donors (Lipinski definition) is 2. The lowest BCUT2D eigenvalue weighted by molar-refractivity contribution is 0.0935. The Kier molecular flexibility index (Phi) is 5.70. The van der Waals surface area contributed by atoms with Crippen molar-refractivity contribution >= 4 is 21.6 Å². The summed E-state index contributed by atoms with van der Waals surface area (Å²) in [5.41, 5.74) is 0.757. The van der Waals surface area contributed by atoms with Gasteiger partial charge in [0.1, 0.15) is 5.75 Å². The van der Waals surface area contributed by atoms with Gasteiger partial charge in [0.2, 0.25) is 0 Å². The summed E-state index contributed by atoms with van der Waals surface area (Å²) in [7, 11) is -3.80. The number of benzene rings is 2. The van der Waals surface area contributed by atoms with Crippen molar-refractivity contribution in [3.63, 3.8) is 0 Å². The first-order chi connectivity index (χ1) is 12.9. The highest BCUT2D eigenvalue weighted by molar-refractivity contribution is 7.92. The van der Waals surface area contributed by atoms with Crippen LogP contribution in [0.4, 0.5) is 5.69 Å². The fourth-order valence-electron chi connectivity index (χ4n) is 2.81. The number of nitrogens with one attached hydrogen (secondary N) is 2. The van der Waals surface area contributed by atoms with Crippen LogP contribution in [0.2, 0.25) is 0 Å². The van der Waals surface area contributed by atoms with E-state index in [2.05, 4.69) is 10.0 Å². The normalized spacial score (nSPS) is 15.0. The zero-order chi connectivity index (χ0) is 19.4. The average Bonchev–Trinajstić information content (AvgIpc) is 3.49. The summed E-state index contributed by atoms with van der Waals surface area (Å²) in [4.78, 5) is 12.4. The van der Waals surface area contributed by atoms with Gasteiger partial charge in [0, 0.05) is 17.3 Å². The van der Waals surface area contributed by atoms with Gasteiger partial charge in [-0.1, -0.05) is 6.07 Å². The van der Waals surface area contributed by atoms with Crippen LogP contribution in [-0.2, 0) is 10.0 Å². The smallest absolute Gasteiger partial charge is 0.261 e. The minimum Gasteiger partial charge on any atom is -0.494 e.